The molecule has 3 aliphatic heterocycles. The molecule has 5 rings (SSSR count). The normalized spacial score (nSPS) is 22.2. The summed E-state index contributed by atoms with van der Waals surface area (Å²) >= 11 is 0. The molecule has 2 aromatic rings. The summed E-state index contributed by atoms with van der Waals surface area (Å²) in [5.41, 5.74) is 2.84. The molecule has 2 bridgehead atoms. The van der Waals surface area contributed by atoms with Gasteiger partial charge in [-0.3, -0.25) is 14.4 Å². The summed E-state index contributed by atoms with van der Waals surface area (Å²) in [6, 6.07) is 12.1. The second-order valence-corrected chi connectivity index (χ2v) is 9.02. The van der Waals surface area contributed by atoms with Crippen LogP contribution in [0.5, 0.6) is 0 Å². The van der Waals surface area contributed by atoms with E-state index < -0.39 is 5.91 Å². The Labute approximate surface area is 204 Å². The van der Waals surface area contributed by atoms with Crippen molar-refractivity contribution in [3.05, 3.63) is 59.2 Å². The van der Waals surface area contributed by atoms with Crippen molar-refractivity contribution in [3.8, 4) is 0 Å². The number of aliphatic imine (C=N–C) groups is 1. The largest absolute Gasteiger partial charge is 0.378 e. The molecule has 3 heterocycles. The summed E-state index contributed by atoms with van der Waals surface area (Å²) in [6.45, 7) is 4.77. The molecule has 182 valence electrons. The van der Waals surface area contributed by atoms with Crippen molar-refractivity contribution in [2.45, 2.75) is 32.2 Å². The van der Waals surface area contributed by atoms with Crippen LogP contribution in [0.2, 0.25) is 0 Å². The topological polar surface area (TPSA) is 103 Å². The van der Waals surface area contributed by atoms with Crippen LogP contribution in [0.4, 0.5) is 11.4 Å². The van der Waals surface area contributed by atoms with Gasteiger partial charge >= 0.3 is 0 Å². The molecule has 3 aliphatic rings. The van der Waals surface area contributed by atoms with Crippen LogP contribution in [-0.4, -0.2) is 67.5 Å². The maximum absolute atomic E-state index is 13.5. The molecule has 2 aromatic carbocycles. The zero-order chi connectivity index (χ0) is 24.4. The van der Waals surface area contributed by atoms with Gasteiger partial charge in [0, 0.05) is 36.8 Å². The first-order valence-corrected chi connectivity index (χ1v) is 12.1. The highest BCUT2D eigenvalue weighted by Crippen LogP contribution is 2.39. The van der Waals surface area contributed by atoms with Crippen LogP contribution in [-0.2, 0) is 4.74 Å². The predicted molar refractivity (Wildman–Crippen MR) is 133 cm³/mol. The molecular weight excluding hydrogens is 446 g/mol. The Kier molecular flexibility index (Phi) is 6.50. The first-order chi connectivity index (χ1) is 17.0. The number of nitrogens with zero attached hydrogens (tertiary/aromatic N) is 3. The number of morpholine rings is 1. The Bertz CT molecular complexity index is 1190. The molecule has 0 radical (unpaired) electrons. The molecule has 1 unspecified atom stereocenters. The number of carbonyl (C=O) groups excluding carboxylic acids is 3. The lowest BCUT2D eigenvalue weighted by atomic mass is 10.1. The van der Waals surface area contributed by atoms with Gasteiger partial charge in [0.25, 0.3) is 17.7 Å². The maximum atomic E-state index is 13.5. The highest BCUT2D eigenvalue weighted by Gasteiger charge is 2.35. The fourth-order valence-electron chi connectivity index (χ4n) is 4.76. The third-order valence-electron chi connectivity index (χ3n) is 6.63. The van der Waals surface area contributed by atoms with Crippen molar-refractivity contribution in [1.82, 2.24) is 10.2 Å². The number of anilines is 2. The van der Waals surface area contributed by atoms with Crippen molar-refractivity contribution >= 4 is 35.1 Å². The van der Waals surface area contributed by atoms with Gasteiger partial charge in [0.05, 0.1) is 30.2 Å². The minimum Gasteiger partial charge on any atom is -0.378 e. The summed E-state index contributed by atoms with van der Waals surface area (Å²) in [7, 11) is 0. The Morgan fingerprint density at radius 1 is 1.06 bits per heavy atom. The lowest BCUT2D eigenvalue weighted by Gasteiger charge is -2.31. The second kappa shape index (κ2) is 9.87. The molecule has 0 aromatic heterocycles. The van der Waals surface area contributed by atoms with Gasteiger partial charge in [-0.1, -0.05) is 12.1 Å². The molecule has 3 amide bonds. The van der Waals surface area contributed by atoms with E-state index in [4.69, 9.17) is 4.74 Å². The average Bonchev–Trinajstić information content (AvgIpc) is 3.26. The van der Waals surface area contributed by atoms with Crippen LogP contribution < -0.4 is 15.5 Å². The van der Waals surface area contributed by atoms with Crippen molar-refractivity contribution < 1.29 is 19.1 Å². The van der Waals surface area contributed by atoms with Gasteiger partial charge < -0.3 is 25.2 Å². The number of rotatable bonds is 1. The maximum Gasteiger partial charge on any atom is 0.280 e. The van der Waals surface area contributed by atoms with Crippen LogP contribution in [0.25, 0.3) is 0 Å². The minimum atomic E-state index is -0.453. The summed E-state index contributed by atoms with van der Waals surface area (Å²) in [5.74, 6) is -0.310. The number of carbonyl (C=O) groups is 3. The highest BCUT2D eigenvalue weighted by atomic mass is 16.5. The van der Waals surface area contributed by atoms with E-state index in [2.05, 4.69) is 22.5 Å². The molecule has 9 heteroatoms. The summed E-state index contributed by atoms with van der Waals surface area (Å²) in [6.07, 6.45) is 2.49. The van der Waals surface area contributed by atoms with Crippen LogP contribution in [0.15, 0.2) is 47.5 Å². The van der Waals surface area contributed by atoms with E-state index in [1.54, 1.807) is 24.3 Å². The molecule has 0 aliphatic carbocycles. The fraction of sp³-hybridized carbons (Fsp3) is 0.385. The van der Waals surface area contributed by atoms with Crippen LogP contribution in [0.3, 0.4) is 0 Å². The summed E-state index contributed by atoms with van der Waals surface area (Å²) in [5, 5.41) is 6.20. The van der Waals surface area contributed by atoms with Crippen molar-refractivity contribution in [2.24, 2.45) is 4.99 Å². The van der Waals surface area contributed by atoms with E-state index in [9.17, 15) is 14.4 Å². The number of nitrogens with one attached hydrogen (secondary N) is 2. The number of hydrogen-bond donors (Lipinski definition) is 2. The van der Waals surface area contributed by atoms with Gasteiger partial charge in [0.2, 0.25) is 5.96 Å². The van der Waals surface area contributed by atoms with Gasteiger partial charge in [-0.05, 0) is 56.5 Å². The quantitative estimate of drug-likeness (QED) is 0.658. The van der Waals surface area contributed by atoms with E-state index in [1.165, 1.54) is 0 Å². The molecule has 0 spiro atoms. The average molecular weight is 476 g/mol. The number of ether oxygens (including phenoxy) is 1. The smallest absolute Gasteiger partial charge is 0.280 e. The minimum absolute atomic E-state index is 0.0288. The number of hydrogen-bond acceptors (Lipinski definition) is 6. The summed E-state index contributed by atoms with van der Waals surface area (Å²) in [4.78, 5) is 47.3. The molecule has 1 atom stereocenters. The molecule has 0 saturated carbocycles. The first-order valence-electron chi connectivity index (χ1n) is 12.1. The third-order valence-corrected chi connectivity index (χ3v) is 6.63. The Morgan fingerprint density at radius 3 is 2.66 bits per heavy atom. The zero-order valence-electron chi connectivity index (χ0n) is 19.8. The highest BCUT2D eigenvalue weighted by molar-refractivity contribution is 6.22. The van der Waals surface area contributed by atoms with E-state index in [-0.39, 0.29) is 17.9 Å². The van der Waals surface area contributed by atoms with Gasteiger partial charge in [-0.2, -0.15) is 4.99 Å². The van der Waals surface area contributed by atoms with Gasteiger partial charge in [0.1, 0.15) is 0 Å². The Hall–Kier alpha value is -3.72. The van der Waals surface area contributed by atoms with Crippen molar-refractivity contribution in [2.75, 3.05) is 43.1 Å². The van der Waals surface area contributed by atoms with Gasteiger partial charge in [-0.25, -0.2) is 0 Å². The van der Waals surface area contributed by atoms with Crippen molar-refractivity contribution in [1.29, 1.82) is 0 Å². The van der Waals surface area contributed by atoms with Crippen LogP contribution >= 0.6 is 0 Å². The van der Waals surface area contributed by atoms with E-state index in [0.29, 0.717) is 55.5 Å². The van der Waals surface area contributed by atoms with E-state index in [1.807, 2.05) is 28.0 Å². The lowest BCUT2D eigenvalue weighted by molar-refractivity contribution is 0.0303. The number of benzene rings is 2. The van der Waals surface area contributed by atoms with E-state index in [0.717, 1.165) is 30.6 Å². The number of guanidine groups is 1. The SMILES string of the molecule is CC1CCCCNC(=O)c2cccc(c2)C(=O)/N=C2\Nc3cccc(C(=O)N4CCOCC4)c3N21. The second-order valence-electron chi connectivity index (χ2n) is 9.02. The van der Waals surface area contributed by atoms with E-state index >= 15 is 0 Å². The monoisotopic (exact) mass is 475 g/mol. The fourth-order valence-corrected chi connectivity index (χ4v) is 4.76. The number of fused-ring (bicyclic) bond motifs is 5. The van der Waals surface area contributed by atoms with Gasteiger partial charge in [0.15, 0.2) is 0 Å². The van der Waals surface area contributed by atoms with Crippen LogP contribution in [0.1, 0.15) is 57.3 Å². The summed E-state index contributed by atoms with van der Waals surface area (Å²) < 4.78 is 5.42. The molecule has 9 nitrogen and oxygen atoms in total. The first kappa shape index (κ1) is 23.0. The standard InChI is InChI=1S/C26H29N5O4/c1-17-6-2-3-11-27-23(32)18-7-4-8-19(16-18)24(33)29-26-28-21-10-5-9-20(22(21)31(17)26)25(34)30-12-14-35-15-13-30/h4-5,7-10,16-17H,2-3,6,11-15H2,1H3,(H,27,32)(H,28,29,33). The van der Waals surface area contributed by atoms with Crippen molar-refractivity contribution in [3.63, 3.8) is 0 Å². The Morgan fingerprint density at radius 2 is 1.83 bits per heavy atom. The number of para-hydroxylation sites is 1. The molecule has 1 fully saturated rings. The molecule has 2 N–H and O–H groups in total. The molecular formula is C26H29N5O4. The predicted octanol–water partition coefficient (Wildman–Crippen LogP) is 2.89. The van der Waals surface area contributed by atoms with Gasteiger partial charge in [-0.15, -0.1) is 0 Å². The Balaban J connectivity index is 1.55. The lowest BCUT2D eigenvalue weighted by Crippen LogP contribution is -2.43. The zero-order valence-corrected chi connectivity index (χ0v) is 19.8. The molecule has 35 heavy (non-hydrogen) atoms. The number of amides is 3. The van der Waals surface area contributed by atoms with Crippen LogP contribution in [0, 0.1) is 0 Å². The molecule has 1 saturated heterocycles. The third kappa shape index (κ3) is 4.64.